The summed E-state index contributed by atoms with van der Waals surface area (Å²) >= 11 is 0. The lowest BCUT2D eigenvalue weighted by Crippen LogP contribution is -2.23. The highest BCUT2D eigenvalue weighted by molar-refractivity contribution is 5.91. The summed E-state index contributed by atoms with van der Waals surface area (Å²) in [5, 5.41) is 14.7. The van der Waals surface area contributed by atoms with Crippen molar-refractivity contribution >= 4 is 12.0 Å². The fourth-order valence-corrected chi connectivity index (χ4v) is 2.19. The van der Waals surface area contributed by atoms with Crippen molar-refractivity contribution in [3.05, 3.63) is 71.8 Å². The number of carbonyl (C=O) groups is 1. The van der Waals surface area contributed by atoms with Crippen LogP contribution < -0.4 is 5.32 Å². The third-order valence-corrected chi connectivity index (χ3v) is 3.39. The maximum atomic E-state index is 12.1. The van der Waals surface area contributed by atoms with E-state index in [-0.39, 0.29) is 5.91 Å². The number of amides is 1. The number of aromatic nitrogens is 5. The van der Waals surface area contributed by atoms with Gasteiger partial charge in [0.05, 0.1) is 18.9 Å². The van der Waals surface area contributed by atoms with E-state index in [0.717, 1.165) is 11.1 Å². The van der Waals surface area contributed by atoms with E-state index in [0.29, 0.717) is 18.8 Å². The molecule has 1 aromatic carbocycles. The number of hydrogen-bond donors (Lipinski definition) is 1. The summed E-state index contributed by atoms with van der Waals surface area (Å²) in [7, 11) is 1.83. The molecule has 0 unspecified atom stereocenters. The predicted octanol–water partition coefficient (Wildman–Crippen LogP) is 1.65. The van der Waals surface area contributed by atoms with E-state index in [1.807, 2.05) is 55.7 Å². The van der Waals surface area contributed by atoms with Crippen LogP contribution in [0.3, 0.4) is 0 Å². The van der Waals surface area contributed by atoms with Crippen LogP contribution in [0.1, 0.15) is 21.6 Å². The Labute approximate surface area is 139 Å². The van der Waals surface area contributed by atoms with Crippen LogP contribution >= 0.6 is 0 Å². The minimum absolute atomic E-state index is 0.253. The Morgan fingerprint density at radius 2 is 2.08 bits per heavy atom. The molecule has 0 saturated heterocycles. The molecule has 3 aromatic rings. The highest BCUT2D eigenvalue weighted by Crippen LogP contribution is 2.02. The molecule has 7 nitrogen and oxygen atoms in total. The van der Waals surface area contributed by atoms with Gasteiger partial charge in [0.25, 0.3) is 5.91 Å². The number of allylic oxidation sites excluding steroid dienone is 1. The second-order valence-corrected chi connectivity index (χ2v) is 5.34. The Bertz CT molecular complexity index is 834. The van der Waals surface area contributed by atoms with Crippen LogP contribution in [0.4, 0.5) is 0 Å². The first kappa shape index (κ1) is 15.7. The number of carbonyl (C=O) groups excluding carboxylic acids is 1. The molecular weight excluding hydrogens is 304 g/mol. The van der Waals surface area contributed by atoms with Gasteiger partial charge in [0.1, 0.15) is 0 Å². The van der Waals surface area contributed by atoms with Gasteiger partial charge in [0, 0.05) is 25.4 Å². The van der Waals surface area contributed by atoms with E-state index in [1.54, 1.807) is 21.8 Å². The van der Waals surface area contributed by atoms with Crippen LogP contribution in [-0.2, 0) is 20.1 Å². The van der Waals surface area contributed by atoms with Gasteiger partial charge in [-0.2, -0.15) is 5.10 Å². The van der Waals surface area contributed by atoms with E-state index < -0.39 is 0 Å². The second kappa shape index (κ2) is 7.36. The molecule has 0 aliphatic carbocycles. The lowest BCUT2D eigenvalue weighted by atomic mass is 10.2. The van der Waals surface area contributed by atoms with Crippen LogP contribution in [0.5, 0.6) is 0 Å². The molecule has 0 atom stereocenters. The summed E-state index contributed by atoms with van der Waals surface area (Å²) in [5.74, 6) is -0.253. The highest BCUT2D eigenvalue weighted by Gasteiger charge is 2.10. The summed E-state index contributed by atoms with van der Waals surface area (Å²) < 4.78 is 3.31. The van der Waals surface area contributed by atoms with Crippen LogP contribution in [-0.4, -0.2) is 30.7 Å². The third kappa shape index (κ3) is 4.16. The SMILES string of the molecule is Cn1cc(CNC(=O)c2cn(C/C=C/c3ccccc3)nn2)cn1. The molecule has 0 fully saturated rings. The summed E-state index contributed by atoms with van der Waals surface area (Å²) in [6.07, 6.45) is 9.18. The zero-order valence-corrected chi connectivity index (χ0v) is 13.3. The molecule has 0 aliphatic rings. The molecule has 0 bridgehead atoms. The van der Waals surface area contributed by atoms with Crippen molar-refractivity contribution < 1.29 is 4.79 Å². The molecule has 0 spiro atoms. The lowest BCUT2D eigenvalue weighted by molar-refractivity contribution is 0.0946. The predicted molar refractivity (Wildman–Crippen MR) is 89.9 cm³/mol. The molecule has 0 radical (unpaired) electrons. The first-order chi connectivity index (χ1) is 11.7. The lowest BCUT2D eigenvalue weighted by Gasteiger charge is -1.99. The van der Waals surface area contributed by atoms with Crippen LogP contribution in [0.2, 0.25) is 0 Å². The maximum absolute atomic E-state index is 12.1. The summed E-state index contributed by atoms with van der Waals surface area (Å²) in [6, 6.07) is 10.00. The van der Waals surface area contributed by atoms with Gasteiger partial charge in [-0.3, -0.25) is 9.48 Å². The summed E-state index contributed by atoms with van der Waals surface area (Å²) in [4.78, 5) is 12.1. The van der Waals surface area contributed by atoms with Crippen LogP contribution in [0.15, 0.2) is 55.0 Å². The molecular formula is C17H18N6O. The fraction of sp³-hybridized carbons (Fsp3) is 0.176. The van der Waals surface area contributed by atoms with Crippen molar-refractivity contribution in [3.63, 3.8) is 0 Å². The summed E-state index contributed by atoms with van der Waals surface area (Å²) in [6.45, 7) is 0.964. The molecule has 2 aromatic heterocycles. The average molecular weight is 322 g/mol. The molecule has 24 heavy (non-hydrogen) atoms. The topological polar surface area (TPSA) is 77.6 Å². The third-order valence-electron chi connectivity index (χ3n) is 3.39. The van der Waals surface area contributed by atoms with E-state index in [1.165, 1.54) is 0 Å². The smallest absolute Gasteiger partial charge is 0.273 e. The standard InChI is InChI=1S/C17H18N6O/c1-22-12-15(11-19-22)10-18-17(24)16-13-23(21-20-16)9-5-8-14-6-3-2-4-7-14/h2-8,11-13H,9-10H2,1H3,(H,18,24)/b8-5+. The quantitative estimate of drug-likeness (QED) is 0.748. The first-order valence-electron chi connectivity index (χ1n) is 7.58. The molecule has 2 heterocycles. The van der Waals surface area contributed by atoms with Crippen molar-refractivity contribution in [2.75, 3.05) is 0 Å². The van der Waals surface area contributed by atoms with Crippen molar-refractivity contribution in [3.8, 4) is 0 Å². The Kier molecular flexibility index (Phi) is 4.81. The highest BCUT2D eigenvalue weighted by atomic mass is 16.2. The van der Waals surface area contributed by atoms with Crippen molar-refractivity contribution in [2.24, 2.45) is 7.05 Å². The van der Waals surface area contributed by atoms with Crippen LogP contribution in [0.25, 0.3) is 6.08 Å². The average Bonchev–Trinajstić information content (AvgIpc) is 3.23. The van der Waals surface area contributed by atoms with E-state index in [9.17, 15) is 4.79 Å². The van der Waals surface area contributed by atoms with Crippen molar-refractivity contribution in [1.29, 1.82) is 0 Å². The summed E-state index contributed by atoms with van der Waals surface area (Å²) in [5.41, 5.74) is 2.35. The largest absolute Gasteiger partial charge is 0.346 e. The van der Waals surface area contributed by atoms with Gasteiger partial charge in [-0.05, 0) is 5.56 Å². The number of hydrogen-bond acceptors (Lipinski definition) is 4. The Balaban J connectivity index is 1.52. The molecule has 1 N–H and O–H groups in total. The fourth-order valence-electron chi connectivity index (χ4n) is 2.19. The first-order valence-corrected chi connectivity index (χ1v) is 7.58. The number of rotatable bonds is 6. The van der Waals surface area contributed by atoms with Gasteiger partial charge in [0.15, 0.2) is 5.69 Å². The minimum Gasteiger partial charge on any atom is -0.346 e. The maximum Gasteiger partial charge on any atom is 0.273 e. The number of aryl methyl sites for hydroxylation is 1. The van der Waals surface area contributed by atoms with Crippen LogP contribution in [0, 0.1) is 0 Å². The zero-order chi connectivity index (χ0) is 16.8. The second-order valence-electron chi connectivity index (χ2n) is 5.34. The monoisotopic (exact) mass is 322 g/mol. The molecule has 122 valence electrons. The minimum atomic E-state index is -0.253. The normalized spacial score (nSPS) is 11.0. The molecule has 0 aliphatic heterocycles. The number of nitrogens with one attached hydrogen (secondary N) is 1. The van der Waals surface area contributed by atoms with E-state index in [2.05, 4.69) is 20.7 Å². The van der Waals surface area contributed by atoms with Gasteiger partial charge >= 0.3 is 0 Å². The molecule has 1 amide bonds. The zero-order valence-electron chi connectivity index (χ0n) is 13.3. The number of nitrogens with zero attached hydrogens (tertiary/aromatic N) is 5. The van der Waals surface area contributed by atoms with Gasteiger partial charge < -0.3 is 5.32 Å². The Morgan fingerprint density at radius 1 is 1.25 bits per heavy atom. The molecule has 7 heteroatoms. The Hall–Kier alpha value is -3.22. The molecule has 0 saturated carbocycles. The van der Waals surface area contributed by atoms with Gasteiger partial charge in [-0.1, -0.05) is 47.7 Å². The van der Waals surface area contributed by atoms with Crippen molar-refractivity contribution in [1.82, 2.24) is 30.1 Å². The van der Waals surface area contributed by atoms with Crippen molar-refractivity contribution in [2.45, 2.75) is 13.1 Å². The van der Waals surface area contributed by atoms with E-state index >= 15 is 0 Å². The Morgan fingerprint density at radius 3 is 2.83 bits per heavy atom. The van der Waals surface area contributed by atoms with Gasteiger partial charge in [0.2, 0.25) is 0 Å². The van der Waals surface area contributed by atoms with E-state index in [4.69, 9.17) is 0 Å². The molecule has 3 rings (SSSR count). The van der Waals surface area contributed by atoms with Gasteiger partial charge in [-0.25, -0.2) is 4.68 Å². The number of benzene rings is 1. The van der Waals surface area contributed by atoms with Gasteiger partial charge in [-0.15, -0.1) is 5.10 Å².